The van der Waals surface area contributed by atoms with Crippen molar-refractivity contribution in [1.82, 2.24) is 19.1 Å². The molecule has 1 amide bonds. The zero-order valence-electron chi connectivity index (χ0n) is 14.8. The molecule has 0 atom stereocenters. The predicted octanol–water partition coefficient (Wildman–Crippen LogP) is 2.50. The third-order valence-corrected chi connectivity index (χ3v) is 4.97. The summed E-state index contributed by atoms with van der Waals surface area (Å²) in [4.78, 5) is 26.9. The van der Waals surface area contributed by atoms with E-state index in [4.69, 9.17) is 11.6 Å². The van der Waals surface area contributed by atoms with Crippen LogP contribution in [-0.2, 0) is 6.54 Å². The van der Waals surface area contributed by atoms with Crippen LogP contribution in [0.1, 0.15) is 23.2 Å². The Kier molecular flexibility index (Phi) is 4.85. The molecule has 3 aromatic rings. The highest BCUT2D eigenvalue weighted by molar-refractivity contribution is 6.31. The lowest BCUT2D eigenvalue weighted by atomic mass is 10.1. The molecule has 7 nitrogen and oxygen atoms in total. The van der Waals surface area contributed by atoms with Gasteiger partial charge in [0, 0.05) is 36.5 Å². The van der Waals surface area contributed by atoms with Gasteiger partial charge in [-0.3, -0.25) is 9.20 Å². The highest BCUT2D eigenvalue weighted by Crippen LogP contribution is 2.24. The number of rotatable bonds is 5. The number of anilines is 1. The normalized spacial score (nSPS) is 14.0. The molecule has 1 aliphatic heterocycles. The Hall–Kier alpha value is -2.80. The number of pyridine rings is 1. The van der Waals surface area contributed by atoms with Crippen molar-refractivity contribution in [2.75, 3.05) is 25.0 Å². The fourth-order valence-electron chi connectivity index (χ4n) is 3.35. The van der Waals surface area contributed by atoms with Gasteiger partial charge >= 0.3 is 5.69 Å². The van der Waals surface area contributed by atoms with Gasteiger partial charge in [-0.25, -0.2) is 9.48 Å². The number of carbonyl (C=O) groups excluding carboxylic acids is 1. The molecule has 140 valence electrons. The minimum absolute atomic E-state index is 0.0107. The van der Waals surface area contributed by atoms with Gasteiger partial charge in [-0.15, -0.1) is 5.10 Å². The van der Waals surface area contributed by atoms with Gasteiger partial charge in [0.2, 0.25) is 0 Å². The highest BCUT2D eigenvalue weighted by Gasteiger charge is 2.22. The first kappa shape index (κ1) is 17.6. The smallest absolute Gasteiger partial charge is 0.350 e. The molecule has 0 radical (unpaired) electrons. The van der Waals surface area contributed by atoms with E-state index in [0.29, 0.717) is 35.0 Å². The molecule has 3 heterocycles. The van der Waals surface area contributed by atoms with Crippen LogP contribution in [0.4, 0.5) is 5.69 Å². The van der Waals surface area contributed by atoms with E-state index >= 15 is 0 Å². The SMILES string of the molecule is O=C(c1ccc(Cl)cc1NCCn1nc2ccccn2c1=O)N1CCCC1. The summed E-state index contributed by atoms with van der Waals surface area (Å²) < 4.78 is 2.91. The van der Waals surface area contributed by atoms with Crippen LogP contribution in [0, 0.1) is 0 Å². The fourth-order valence-corrected chi connectivity index (χ4v) is 3.52. The van der Waals surface area contributed by atoms with Crippen molar-refractivity contribution in [2.45, 2.75) is 19.4 Å². The van der Waals surface area contributed by atoms with E-state index in [-0.39, 0.29) is 11.6 Å². The minimum atomic E-state index is -0.188. The topological polar surface area (TPSA) is 71.6 Å². The number of halogens is 1. The largest absolute Gasteiger partial charge is 0.382 e. The Morgan fingerprint density at radius 1 is 1.19 bits per heavy atom. The third-order valence-electron chi connectivity index (χ3n) is 4.73. The van der Waals surface area contributed by atoms with Crippen LogP contribution < -0.4 is 11.0 Å². The standard InChI is InChI=1S/C19H20ClN5O2/c20-14-6-7-15(18(26)23-9-3-4-10-23)16(13-14)21-8-12-25-19(27)24-11-2-1-5-17(24)22-25/h1-2,5-7,11,13,21H,3-4,8-10,12H2. The maximum Gasteiger partial charge on any atom is 0.350 e. The maximum atomic E-state index is 12.8. The second-order valence-corrected chi connectivity index (χ2v) is 6.99. The lowest BCUT2D eigenvalue weighted by molar-refractivity contribution is 0.0794. The van der Waals surface area contributed by atoms with Crippen molar-refractivity contribution in [1.29, 1.82) is 0 Å². The molecule has 0 spiro atoms. The Morgan fingerprint density at radius 3 is 2.78 bits per heavy atom. The van der Waals surface area contributed by atoms with Crippen molar-refractivity contribution >= 4 is 28.8 Å². The Morgan fingerprint density at radius 2 is 2.00 bits per heavy atom. The summed E-state index contributed by atoms with van der Waals surface area (Å²) in [6.07, 6.45) is 3.77. The molecule has 27 heavy (non-hydrogen) atoms. The average molecular weight is 386 g/mol. The van der Waals surface area contributed by atoms with Gasteiger partial charge in [0.25, 0.3) is 5.91 Å². The summed E-state index contributed by atoms with van der Waals surface area (Å²) in [6, 6.07) is 10.6. The van der Waals surface area contributed by atoms with Crippen LogP contribution >= 0.6 is 11.6 Å². The summed E-state index contributed by atoms with van der Waals surface area (Å²) in [6.45, 7) is 2.41. The van der Waals surface area contributed by atoms with Gasteiger partial charge in [0.05, 0.1) is 12.1 Å². The first-order valence-electron chi connectivity index (χ1n) is 9.00. The Bertz CT molecular complexity index is 1040. The first-order chi connectivity index (χ1) is 13.1. The number of benzene rings is 1. The number of aromatic nitrogens is 3. The maximum absolute atomic E-state index is 12.8. The molecule has 4 rings (SSSR count). The first-order valence-corrected chi connectivity index (χ1v) is 9.38. The van der Waals surface area contributed by atoms with Crippen molar-refractivity contribution in [3.63, 3.8) is 0 Å². The van der Waals surface area contributed by atoms with Gasteiger partial charge in [0.15, 0.2) is 5.65 Å². The van der Waals surface area contributed by atoms with Gasteiger partial charge in [-0.05, 0) is 43.2 Å². The molecule has 0 bridgehead atoms. The van der Waals surface area contributed by atoms with Gasteiger partial charge < -0.3 is 10.2 Å². The van der Waals surface area contributed by atoms with E-state index in [1.54, 1.807) is 36.5 Å². The summed E-state index contributed by atoms with van der Waals surface area (Å²) in [7, 11) is 0. The molecule has 1 fully saturated rings. The van der Waals surface area contributed by atoms with E-state index in [9.17, 15) is 9.59 Å². The molecular weight excluding hydrogens is 366 g/mol. The van der Waals surface area contributed by atoms with Gasteiger partial charge in [-0.1, -0.05) is 17.7 Å². The zero-order chi connectivity index (χ0) is 18.8. The molecular formula is C19H20ClN5O2. The molecule has 1 N–H and O–H groups in total. The average Bonchev–Trinajstić information content (AvgIpc) is 3.31. The molecule has 8 heteroatoms. The van der Waals surface area contributed by atoms with Crippen LogP contribution in [-0.4, -0.2) is 44.6 Å². The molecule has 0 saturated carbocycles. The molecule has 0 unspecified atom stereocenters. The molecule has 1 saturated heterocycles. The Balaban J connectivity index is 1.50. The van der Waals surface area contributed by atoms with Crippen LogP contribution in [0.2, 0.25) is 5.02 Å². The van der Waals surface area contributed by atoms with E-state index in [1.807, 2.05) is 11.0 Å². The number of amides is 1. The van der Waals surface area contributed by atoms with E-state index in [1.165, 1.54) is 9.08 Å². The fraction of sp³-hybridized carbons (Fsp3) is 0.316. The lowest BCUT2D eigenvalue weighted by Gasteiger charge is -2.18. The van der Waals surface area contributed by atoms with Gasteiger partial charge in [0.1, 0.15) is 0 Å². The van der Waals surface area contributed by atoms with E-state index in [0.717, 1.165) is 25.9 Å². The van der Waals surface area contributed by atoms with Crippen molar-refractivity contribution in [3.8, 4) is 0 Å². The number of hydrogen-bond donors (Lipinski definition) is 1. The second kappa shape index (κ2) is 7.44. The molecule has 2 aromatic heterocycles. The number of hydrogen-bond acceptors (Lipinski definition) is 4. The highest BCUT2D eigenvalue weighted by atomic mass is 35.5. The van der Waals surface area contributed by atoms with Gasteiger partial charge in [-0.2, -0.15) is 0 Å². The number of carbonyl (C=O) groups is 1. The summed E-state index contributed by atoms with van der Waals surface area (Å²) >= 11 is 6.12. The number of nitrogens with one attached hydrogen (secondary N) is 1. The third kappa shape index (κ3) is 3.55. The van der Waals surface area contributed by atoms with Crippen molar-refractivity contribution in [2.24, 2.45) is 0 Å². The number of nitrogens with zero attached hydrogens (tertiary/aromatic N) is 4. The second-order valence-electron chi connectivity index (χ2n) is 6.55. The van der Waals surface area contributed by atoms with Crippen molar-refractivity contribution in [3.05, 3.63) is 63.7 Å². The Labute approximate surface area is 161 Å². The summed E-state index contributed by atoms with van der Waals surface area (Å²) in [5.41, 5.74) is 1.70. The minimum Gasteiger partial charge on any atom is -0.382 e. The van der Waals surface area contributed by atoms with Crippen molar-refractivity contribution < 1.29 is 4.79 Å². The summed E-state index contributed by atoms with van der Waals surface area (Å²) in [5.74, 6) is 0.0107. The van der Waals surface area contributed by atoms with Crippen LogP contribution in [0.25, 0.3) is 5.65 Å². The van der Waals surface area contributed by atoms with E-state index in [2.05, 4.69) is 10.4 Å². The van der Waals surface area contributed by atoms with Crippen LogP contribution in [0.3, 0.4) is 0 Å². The van der Waals surface area contributed by atoms with Crippen LogP contribution in [0.5, 0.6) is 0 Å². The molecule has 0 aliphatic carbocycles. The summed E-state index contributed by atoms with van der Waals surface area (Å²) in [5, 5.41) is 8.10. The zero-order valence-corrected chi connectivity index (χ0v) is 15.5. The molecule has 1 aromatic carbocycles. The number of fused-ring (bicyclic) bond motifs is 1. The lowest BCUT2D eigenvalue weighted by Crippen LogP contribution is -2.29. The quantitative estimate of drug-likeness (QED) is 0.732. The van der Waals surface area contributed by atoms with Crippen LogP contribution in [0.15, 0.2) is 47.4 Å². The monoisotopic (exact) mass is 385 g/mol. The molecule has 1 aliphatic rings. The predicted molar refractivity (Wildman–Crippen MR) is 105 cm³/mol. The van der Waals surface area contributed by atoms with E-state index < -0.39 is 0 Å². The number of likely N-dealkylation sites (tertiary alicyclic amines) is 1.